The van der Waals surface area contributed by atoms with E-state index < -0.39 is 17.7 Å². The van der Waals surface area contributed by atoms with Crippen molar-refractivity contribution < 1.29 is 22.3 Å². The summed E-state index contributed by atoms with van der Waals surface area (Å²) in [5.74, 6) is 0.328. The van der Waals surface area contributed by atoms with Crippen molar-refractivity contribution in [3.63, 3.8) is 0 Å². The zero-order valence-corrected chi connectivity index (χ0v) is 18.6. The van der Waals surface area contributed by atoms with Crippen LogP contribution in [0.25, 0.3) is 0 Å². The van der Waals surface area contributed by atoms with Crippen molar-refractivity contribution in [3.05, 3.63) is 47.5 Å². The van der Waals surface area contributed by atoms with Crippen LogP contribution in [0.5, 0.6) is 5.75 Å². The highest BCUT2D eigenvalue weighted by atomic mass is 127. The summed E-state index contributed by atoms with van der Waals surface area (Å²) in [6, 6.07) is 5.82. The first kappa shape index (κ1) is 25.0. The molecule has 0 aliphatic rings. The van der Waals surface area contributed by atoms with Gasteiger partial charge in [0.05, 0.1) is 6.54 Å². The van der Waals surface area contributed by atoms with Gasteiger partial charge in [-0.3, -0.25) is 9.67 Å². The van der Waals surface area contributed by atoms with Crippen LogP contribution in [0.4, 0.5) is 17.6 Å². The first-order chi connectivity index (χ1) is 13.2. The van der Waals surface area contributed by atoms with Gasteiger partial charge in [0.1, 0.15) is 17.7 Å². The molecule has 0 spiro atoms. The number of alkyl halides is 3. The van der Waals surface area contributed by atoms with E-state index in [2.05, 4.69) is 20.7 Å². The molecule has 0 saturated carbocycles. The van der Waals surface area contributed by atoms with Crippen LogP contribution in [0.1, 0.15) is 24.6 Å². The Labute approximate surface area is 183 Å². The molecule has 2 aromatic rings. The fourth-order valence-corrected chi connectivity index (χ4v) is 2.52. The summed E-state index contributed by atoms with van der Waals surface area (Å²) in [5.41, 5.74) is -0.917. The normalized spacial score (nSPS) is 12.9. The minimum absolute atomic E-state index is 0. The van der Waals surface area contributed by atoms with Crippen LogP contribution in [0.2, 0.25) is 0 Å². The van der Waals surface area contributed by atoms with Crippen LogP contribution in [-0.2, 0) is 19.8 Å². The molecule has 0 amide bonds. The van der Waals surface area contributed by atoms with Crippen LogP contribution in [0.15, 0.2) is 35.5 Å². The predicted molar refractivity (Wildman–Crippen MR) is 113 cm³/mol. The highest BCUT2D eigenvalue weighted by Gasteiger charge is 2.36. The summed E-state index contributed by atoms with van der Waals surface area (Å²) < 4.78 is 59.1. The minimum Gasteiger partial charge on any atom is -0.489 e. The summed E-state index contributed by atoms with van der Waals surface area (Å²) in [6.07, 6.45) is -2.85. The standard InChI is InChI=1S/C18H23F4N5O.HI/c1-4-14(28-15-7-5-6-13(19)8-15)10-25-17(23-2)24-9-12-11-27(3)26-16(12)18(20,21)22;/h5-8,11,14H,4,9-10H2,1-3H3,(H2,23,24,25);1H. The Kier molecular flexibility index (Phi) is 9.66. The van der Waals surface area contributed by atoms with E-state index in [9.17, 15) is 17.6 Å². The highest BCUT2D eigenvalue weighted by Crippen LogP contribution is 2.30. The van der Waals surface area contributed by atoms with Crippen molar-refractivity contribution in [1.29, 1.82) is 0 Å². The molecule has 162 valence electrons. The molecule has 0 aliphatic heterocycles. The lowest BCUT2D eigenvalue weighted by atomic mass is 10.2. The minimum atomic E-state index is -4.53. The molecule has 0 aliphatic carbocycles. The van der Waals surface area contributed by atoms with E-state index in [0.29, 0.717) is 24.7 Å². The van der Waals surface area contributed by atoms with Crippen molar-refractivity contribution in [2.75, 3.05) is 13.6 Å². The number of halogens is 5. The Morgan fingerprint density at radius 3 is 2.62 bits per heavy atom. The van der Waals surface area contributed by atoms with Crippen LogP contribution in [-0.4, -0.2) is 35.4 Å². The van der Waals surface area contributed by atoms with E-state index in [1.54, 1.807) is 12.1 Å². The molecule has 1 unspecified atom stereocenters. The quantitative estimate of drug-likeness (QED) is 0.249. The molecule has 1 aromatic carbocycles. The second-order valence-corrected chi connectivity index (χ2v) is 6.09. The molecule has 29 heavy (non-hydrogen) atoms. The van der Waals surface area contributed by atoms with Crippen molar-refractivity contribution in [2.24, 2.45) is 12.0 Å². The Bertz CT molecular complexity index is 810. The third kappa shape index (κ3) is 7.71. The number of nitrogens with zero attached hydrogens (tertiary/aromatic N) is 3. The van der Waals surface area contributed by atoms with Crippen LogP contribution in [0, 0.1) is 5.82 Å². The molecule has 0 radical (unpaired) electrons. The summed E-state index contributed by atoms with van der Waals surface area (Å²) >= 11 is 0. The number of hydrogen-bond acceptors (Lipinski definition) is 3. The van der Waals surface area contributed by atoms with Crippen molar-refractivity contribution >= 4 is 29.9 Å². The molecule has 2 N–H and O–H groups in total. The fraction of sp³-hybridized carbons (Fsp3) is 0.444. The lowest BCUT2D eigenvalue weighted by Crippen LogP contribution is -2.42. The molecule has 1 aromatic heterocycles. The van der Waals surface area contributed by atoms with E-state index in [1.165, 1.54) is 32.4 Å². The van der Waals surface area contributed by atoms with Gasteiger partial charge in [-0.25, -0.2) is 4.39 Å². The Hall–Kier alpha value is -2.05. The van der Waals surface area contributed by atoms with Gasteiger partial charge in [-0.15, -0.1) is 24.0 Å². The van der Waals surface area contributed by atoms with Gasteiger partial charge in [-0.05, 0) is 18.6 Å². The number of aliphatic imine (C=N–C) groups is 1. The number of rotatable bonds is 7. The SMILES string of the molecule is CCC(CNC(=NC)NCc1cn(C)nc1C(F)(F)F)Oc1cccc(F)c1.I. The zero-order chi connectivity index (χ0) is 20.7. The van der Waals surface area contributed by atoms with E-state index >= 15 is 0 Å². The number of nitrogens with one attached hydrogen (secondary N) is 2. The van der Waals surface area contributed by atoms with E-state index in [0.717, 1.165) is 4.68 Å². The largest absolute Gasteiger partial charge is 0.489 e. The zero-order valence-electron chi connectivity index (χ0n) is 16.3. The van der Waals surface area contributed by atoms with E-state index in [-0.39, 0.29) is 42.2 Å². The van der Waals surface area contributed by atoms with Gasteiger partial charge < -0.3 is 15.4 Å². The van der Waals surface area contributed by atoms with Gasteiger partial charge in [-0.2, -0.15) is 18.3 Å². The lowest BCUT2D eigenvalue weighted by Gasteiger charge is -2.20. The van der Waals surface area contributed by atoms with E-state index in [4.69, 9.17) is 4.74 Å². The van der Waals surface area contributed by atoms with Crippen molar-refractivity contribution in [1.82, 2.24) is 20.4 Å². The van der Waals surface area contributed by atoms with Crippen molar-refractivity contribution in [3.8, 4) is 5.75 Å². The van der Waals surface area contributed by atoms with Gasteiger partial charge >= 0.3 is 6.18 Å². The summed E-state index contributed by atoms with van der Waals surface area (Å²) in [6.45, 7) is 2.16. The van der Waals surface area contributed by atoms with Gasteiger partial charge in [0.15, 0.2) is 11.7 Å². The third-order valence-electron chi connectivity index (χ3n) is 3.89. The Morgan fingerprint density at radius 1 is 1.31 bits per heavy atom. The first-order valence-electron chi connectivity index (χ1n) is 8.69. The molecule has 6 nitrogen and oxygen atoms in total. The maximum absolute atomic E-state index is 13.3. The van der Waals surface area contributed by atoms with Gasteiger partial charge in [0.25, 0.3) is 0 Å². The van der Waals surface area contributed by atoms with Gasteiger partial charge in [-0.1, -0.05) is 13.0 Å². The summed E-state index contributed by atoms with van der Waals surface area (Å²) in [7, 11) is 2.94. The lowest BCUT2D eigenvalue weighted by molar-refractivity contribution is -0.142. The molecular weight excluding hydrogens is 505 g/mol. The third-order valence-corrected chi connectivity index (χ3v) is 3.89. The molecular formula is C18H24F4IN5O. The smallest absolute Gasteiger partial charge is 0.435 e. The highest BCUT2D eigenvalue weighted by molar-refractivity contribution is 14.0. The topological polar surface area (TPSA) is 63.5 Å². The average molecular weight is 529 g/mol. The maximum atomic E-state index is 13.3. The number of guanidine groups is 1. The monoisotopic (exact) mass is 529 g/mol. The first-order valence-corrected chi connectivity index (χ1v) is 8.69. The predicted octanol–water partition coefficient (Wildman–Crippen LogP) is 3.72. The van der Waals surface area contributed by atoms with Crippen LogP contribution in [0.3, 0.4) is 0 Å². The number of ether oxygens (including phenoxy) is 1. The fourth-order valence-electron chi connectivity index (χ4n) is 2.52. The molecule has 0 bridgehead atoms. The molecule has 1 atom stereocenters. The number of aromatic nitrogens is 2. The maximum Gasteiger partial charge on any atom is 0.435 e. The number of hydrogen-bond donors (Lipinski definition) is 2. The Morgan fingerprint density at radius 2 is 2.03 bits per heavy atom. The average Bonchev–Trinajstić information content (AvgIpc) is 3.02. The van der Waals surface area contributed by atoms with Gasteiger partial charge in [0, 0.05) is 38.5 Å². The Balaban J connectivity index is 0.00000420. The second kappa shape index (κ2) is 11.2. The van der Waals surface area contributed by atoms with E-state index in [1.807, 2.05) is 6.92 Å². The van der Waals surface area contributed by atoms with Crippen LogP contribution < -0.4 is 15.4 Å². The summed E-state index contributed by atoms with van der Waals surface area (Å²) in [5, 5.41) is 9.30. The number of aryl methyl sites for hydroxylation is 1. The number of benzene rings is 1. The molecule has 2 rings (SSSR count). The molecule has 0 fully saturated rings. The van der Waals surface area contributed by atoms with Crippen molar-refractivity contribution in [2.45, 2.75) is 32.2 Å². The second-order valence-electron chi connectivity index (χ2n) is 6.09. The van der Waals surface area contributed by atoms with Gasteiger partial charge in [0.2, 0.25) is 0 Å². The van der Waals surface area contributed by atoms with Crippen LogP contribution >= 0.6 is 24.0 Å². The molecule has 0 saturated heterocycles. The summed E-state index contributed by atoms with van der Waals surface area (Å²) in [4.78, 5) is 4.00. The molecule has 11 heteroatoms. The molecule has 1 heterocycles.